The number of sulfonamides is 2. The van der Waals surface area contributed by atoms with Crippen LogP contribution in [-0.4, -0.2) is 60.0 Å². The van der Waals surface area contributed by atoms with E-state index in [4.69, 9.17) is 21.1 Å². The highest BCUT2D eigenvalue weighted by Crippen LogP contribution is 2.26. The van der Waals surface area contributed by atoms with Crippen LogP contribution < -0.4 is 14.8 Å². The SMILES string of the molecule is CCCCOc1ccc(S(=O)(=O)Nc2ccc(Cl)cc2C(=O)Nc2ccc(S(=O)(=O)N3CCOCC3)cc2)cc1. The third-order valence-electron chi connectivity index (χ3n) is 6.09. The molecule has 0 bridgehead atoms. The number of nitrogens with zero attached hydrogens (tertiary/aromatic N) is 1. The van der Waals surface area contributed by atoms with Gasteiger partial charge in [-0.15, -0.1) is 0 Å². The van der Waals surface area contributed by atoms with E-state index in [0.717, 1.165) is 12.8 Å². The molecule has 0 spiro atoms. The number of carbonyl (C=O) groups is 1. The second kappa shape index (κ2) is 13.0. The van der Waals surface area contributed by atoms with Gasteiger partial charge in [-0.25, -0.2) is 16.8 Å². The lowest BCUT2D eigenvalue weighted by Crippen LogP contribution is -2.40. The third kappa shape index (κ3) is 7.32. The lowest BCUT2D eigenvalue weighted by Gasteiger charge is -2.26. The van der Waals surface area contributed by atoms with Crippen molar-refractivity contribution in [3.8, 4) is 5.75 Å². The summed E-state index contributed by atoms with van der Waals surface area (Å²) in [6, 6.07) is 15.9. The van der Waals surface area contributed by atoms with E-state index in [0.29, 0.717) is 31.3 Å². The van der Waals surface area contributed by atoms with Crippen molar-refractivity contribution in [1.82, 2.24) is 4.31 Å². The van der Waals surface area contributed by atoms with Gasteiger partial charge in [-0.1, -0.05) is 24.9 Å². The maximum atomic E-state index is 13.1. The number of morpholine rings is 1. The van der Waals surface area contributed by atoms with Gasteiger partial charge < -0.3 is 14.8 Å². The molecule has 0 atom stereocenters. The van der Waals surface area contributed by atoms with Crippen LogP contribution in [0.2, 0.25) is 5.02 Å². The zero-order valence-electron chi connectivity index (χ0n) is 21.8. The minimum absolute atomic E-state index is 0.00582. The third-order valence-corrected chi connectivity index (χ3v) is 9.62. The number of ether oxygens (including phenoxy) is 2. The standard InChI is InChI=1S/C27H30ClN3O7S2/c1-2-3-16-38-22-7-11-23(12-8-22)39(33,34)30-26-13-4-20(28)19-25(26)27(32)29-21-5-9-24(10-6-21)40(35,36)31-14-17-37-18-15-31/h4-13,19,30H,2-3,14-18H2,1H3,(H,29,32). The smallest absolute Gasteiger partial charge is 0.261 e. The van der Waals surface area contributed by atoms with Crippen LogP contribution in [0.15, 0.2) is 76.5 Å². The number of hydrogen-bond donors (Lipinski definition) is 2. The first-order valence-corrected chi connectivity index (χ1v) is 15.9. The molecule has 10 nitrogen and oxygen atoms in total. The maximum Gasteiger partial charge on any atom is 0.261 e. The molecule has 13 heteroatoms. The molecule has 3 aromatic carbocycles. The summed E-state index contributed by atoms with van der Waals surface area (Å²) in [6.07, 6.45) is 1.87. The number of anilines is 2. The average molecular weight is 608 g/mol. The van der Waals surface area contributed by atoms with E-state index >= 15 is 0 Å². The number of nitrogens with one attached hydrogen (secondary N) is 2. The van der Waals surface area contributed by atoms with E-state index in [1.54, 1.807) is 12.1 Å². The number of halogens is 1. The zero-order valence-corrected chi connectivity index (χ0v) is 24.2. The highest BCUT2D eigenvalue weighted by Gasteiger charge is 2.26. The highest BCUT2D eigenvalue weighted by molar-refractivity contribution is 7.92. The monoisotopic (exact) mass is 607 g/mol. The summed E-state index contributed by atoms with van der Waals surface area (Å²) in [6.45, 7) is 3.79. The Morgan fingerprint density at radius 1 is 0.950 bits per heavy atom. The number of carbonyl (C=O) groups excluding carboxylic acids is 1. The van der Waals surface area contributed by atoms with Crippen LogP contribution in [0.5, 0.6) is 5.75 Å². The summed E-state index contributed by atoms with van der Waals surface area (Å²) in [7, 11) is -7.73. The maximum absolute atomic E-state index is 13.1. The molecule has 0 aromatic heterocycles. The first-order chi connectivity index (χ1) is 19.1. The van der Waals surface area contributed by atoms with Gasteiger partial charge in [0.15, 0.2) is 0 Å². The molecule has 0 unspecified atom stereocenters. The van der Waals surface area contributed by atoms with Crippen molar-refractivity contribution < 1.29 is 31.1 Å². The van der Waals surface area contributed by atoms with Crippen molar-refractivity contribution in [2.24, 2.45) is 0 Å². The minimum atomic E-state index is -4.04. The van der Waals surface area contributed by atoms with Gasteiger partial charge >= 0.3 is 0 Å². The number of unbranched alkanes of at least 4 members (excludes halogenated alkanes) is 1. The summed E-state index contributed by atoms with van der Waals surface area (Å²) in [5.41, 5.74) is 0.329. The predicted octanol–water partition coefficient (Wildman–Crippen LogP) is 4.59. The van der Waals surface area contributed by atoms with E-state index in [-0.39, 0.29) is 39.2 Å². The molecule has 2 N–H and O–H groups in total. The minimum Gasteiger partial charge on any atom is -0.494 e. The molecule has 1 amide bonds. The van der Waals surface area contributed by atoms with Crippen LogP contribution in [0.3, 0.4) is 0 Å². The summed E-state index contributed by atoms with van der Waals surface area (Å²) in [5, 5.41) is 2.89. The molecule has 1 aliphatic heterocycles. The molecule has 0 aliphatic carbocycles. The predicted molar refractivity (Wildman–Crippen MR) is 153 cm³/mol. The van der Waals surface area contributed by atoms with Crippen LogP contribution in [-0.2, 0) is 24.8 Å². The lowest BCUT2D eigenvalue weighted by molar-refractivity contribution is 0.0730. The van der Waals surface area contributed by atoms with Gasteiger partial charge in [0, 0.05) is 23.8 Å². The van der Waals surface area contributed by atoms with E-state index in [1.165, 1.54) is 58.9 Å². The van der Waals surface area contributed by atoms with Gasteiger partial charge in [0.2, 0.25) is 10.0 Å². The molecule has 1 aliphatic rings. The molecule has 1 saturated heterocycles. The molecule has 0 saturated carbocycles. The van der Waals surface area contributed by atoms with E-state index in [2.05, 4.69) is 10.0 Å². The van der Waals surface area contributed by atoms with Gasteiger partial charge in [0.05, 0.1) is 40.9 Å². The Hall–Kier alpha value is -3.16. The molecular weight excluding hydrogens is 578 g/mol. The fraction of sp³-hybridized carbons (Fsp3) is 0.296. The fourth-order valence-electron chi connectivity index (χ4n) is 3.89. The molecule has 3 aromatic rings. The van der Waals surface area contributed by atoms with Crippen molar-refractivity contribution in [3.05, 3.63) is 77.3 Å². The number of amides is 1. The zero-order chi connectivity index (χ0) is 28.8. The number of benzene rings is 3. The van der Waals surface area contributed by atoms with Gasteiger partial charge in [-0.05, 0) is 73.2 Å². The Morgan fingerprint density at radius 3 is 2.25 bits per heavy atom. The van der Waals surface area contributed by atoms with Crippen LogP contribution in [0, 0.1) is 0 Å². The summed E-state index contributed by atoms with van der Waals surface area (Å²) in [4.78, 5) is 13.2. The van der Waals surface area contributed by atoms with Crippen LogP contribution in [0.4, 0.5) is 11.4 Å². The number of rotatable bonds is 11. The molecule has 1 fully saturated rings. The molecular formula is C27H30ClN3O7S2. The largest absolute Gasteiger partial charge is 0.494 e. The van der Waals surface area contributed by atoms with E-state index in [1.807, 2.05) is 6.92 Å². The molecule has 40 heavy (non-hydrogen) atoms. The first-order valence-electron chi connectivity index (χ1n) is 12.6. The average Bonchev–Trinajstić information content (AvgIpc) is 2.95. The molecule has 1 heterocycles. The quantitative estimate of drug-likeness (QED) is 0.305. The molecule has 4 rings (SSSR count). The normalized spacial score (nSPS) is 14.4. The summed E-state index contributed by atoms with van der Waals surface area (Å²) < 4.78 is 66.4. The Labute approximate surface area is 239 Å². The Bertz CT molecular complexity index is 1540. The summed E-state index contributed by atoms with van der Waals surface area (Å²) >= 11 is 6.12. The van der Waals surface area contributed by atoms with Gasteiger partial charge in [-0.2, -0.15) is 4.31 Å². The highest BCUT2D eigenvalue weighted by atomic mass is 35.5. The van der Waals surface area contributed by atoms with Crippen molar-refractivity contribution in [2.75, 3.05) is 42.9 Å². The second-order valence-corrected chi connectivity index (χ2v) is 13.0. The van der Waals surface area contributed by atoms with Crippen molar-refractivity contribution in [1.29, 1.82) is 0 Å². The van der Waals surface area contributed by atoms with E-state index in [9.17, 15) is 21.6 Å². The first kappa shape index (κ1) is 29.8. The summed E-state index contributed by atoms with van der Waals surface area (Å²) in [5.74, 6) is -0.0774. The molecule has 0 radical (unpaired) electrons. The van der Waals surface area contributed by atoms with Crippen LogP contribution in [0.1, 0.15) is 30.1 Å². The van der Waals surface area contributed by atoms with Crippen LogP contribution >= 0.6 is 11.6 Å². The van der Waals surface area contributed by atoms with Crippen molar-refractivity contribution >= 4 is 48.9 Å². The van der Waals surface area contributed by atoms with Crippen LogP contribution in [0.25, 0.3) is 0 Å². The van der Waals surface area contributed by atoms with Gasteiger partial charge in [0.25, 0.3) is 15.9 Å². The number of hydrogen-bond acceptors (Lipinski definition) is 7. The topological polar surface area (TPSA) is 131 Å². The van der Waals surface area contributed by atoms with Crippen molar-refractivity contribution in [3.63, 3.8) is 0 Å². The van der Waals surface area contributed by atoms with Gasteiger partial charge in [0.1, 0.15) is 5.75 Å². The lowest BCUT2D eigenvalue weighted by atomic mass is 10.1. The Balaban J connectivity index is 1.48. The van der Waals surface area contributed by atoms with Crippen molar-refractivity contribution in [2.45, 2.75) is 29.6 Å². The second-order valence-electron chi connectivity index (χ2n) is 8.96. The van der Waals surface area contributed by atoms with E-state index < -0.39 is 26.0 Å². The van der Waals surface area contributed by atoms with Gasteiger partial charge in [-0.3, -0.25) is 9.52 Å². The Morgan fingerprint density at radius 2 is 1.60 bits per heavy atom. The molecule has 214 valence electrons. The fourth-order valence-corrected chi connectivity index (χ4v) is 6.55. The Kier molecular flexibility index (Phi) is 9.69.